The van der Waals surface area contributed by atoms with E-state index < -0.39 is 18.3 Å². The van der Waals surface area contributed by atoms with E-state index in [1.807, 2.05) is 65.8 Å². The lowest BCUT2D eigenvalue weighted by Crippen LogP contribution is -2.41. The maximum atomic E-state index is 16.3. The van der Waals surface area contributed by atoms with Crippen LogP contribution in [0.25, 0.3) is 22.0 Å². The minimum atomic E-state index is -0.593. The zero-order valence-electron chi connectivity index (χ0n) is 21.8. The number of hydrogen-bond acceptors (Lipinski definition) is 5. The van der Waals surface area contributed by atoms with Gasteiger partial charge in [-0.15, -0.1) is 0 Å². The Morgan fingerprint density at radius 2 is 1.62 bits per heavy atom. The van der Waals surface area contributed by atoms with Gasteiger partial charge < -0.3 is 14.6 Å². The van der Waals surface area contributed by atoms with E-state index in [0.29, 0.717) is 34.0 Å². The molecule has 4 rings (SSSR count). The summed E-state index contributed by atoms with van der Waals surface area (Å²) in [5, 5.41) is 4.06. The van der Waals surface area contributed by atoms with Crippen LogP contribution in [0, 0.1) is 32.5 Å². The molecule has 0 saturated carbocycles. The Bertz CT molecular complexity index is 1240. The van der Waals surface area contributed by atoms with Crippen LogP contribution in [-0.4, -0.2) is 34.8 Å². The molecule has 0 unspecified atom stereocenters. The van der Waals surface area contributed by atoms with E-state index in [1.54, 1.807) is 6.92 Å². The first-order chi connectivity index (χ1) is 15.8. The molecule has 0 radical (unpaired) electrons. The number of fused-ring (bicyclic) bond motifs is 1. The average molecular weight is 463 g/mol. The maximum absolute atomic E-state index is 16.3. The predicted octanol–water partition coefficient (Wildman–Crippen LogP) is 5.73. The highest BCUT2D eigenvalue weighted by molar-refractivity contribution is 6.64. The summed E-state index contributed by atoms with van der Waals surface area (Å²) in [7, 11) is -0.593. The molecule has 3 aromatic rings. The Kier molecular flexibility index (Phi) is 6.24. The smallest absolute Gasteiger partial charge is 0.399 e. The minimum absolute atomic E-state index is 0.322. The summed E-state index contributed by atoms with van der Waals surface area (Å²) >= 11 is 0. The molecule has 2 aromatic carbocycles. The van der Waals surface area contributed by atoms with Crippen LogP contribution in [0.2, 0.25) is 0 Å². The van der Waals surface area contributed by atoms with Gasteiger partial charge in [-0.2, -0.15) is 0 Å². The standard InChI is InChI=1S/C27H35BFN3O2/c1-15(2)14-30-25-19-13-17(4)22(23(29)24(19)31-18(5)32-25)21-16(3)11-10-12-20(21)28-33-26(6,7)27(8,9)34-28/h10-13,15H,14H2,1-9H3,(H,30,31,32). The molecule has 0 aliphatic carbocycles. The quantitative estimate of drug-likeness (QED) is 0.490. The molecule has 0 amide bonds. The molecule has 1 N–H and O–H groups in total. The number of hydrogen-bond donors (Lipinski definition) is 1. The highest BCUT2D eigenvalue weighted by atomic mass is 19.1. The first-order valence-corrected chi connectivity index (χ1v) is 12.0. The fourth-order valence-corrected chi connectivity index (χ4v) is 4.41. The Morgan fingerprint density at radius 1 is 0.971 bits per heavy atom. The second-order valence-corrected chi connectivity index (χ2v) is 10.8. The van der Waals surface area contributed by atoms with Crippen LogP contribution in [0.5, 0.6) is 0 Å². The number of rotatable bonds is 5. The number of anilines is 1. The Morgan fingerprint density at radius 3 is 2.24 bits per heavy atom. The normalized spacial score (nSPS) is 17.1. The first-order valence-electron chi connectivity index (χ1n) is 12.0. The van der Waals surface area contributed by atoms with Crippen molar-refractivity contribution in [1.82, 2.24) is 9.97 Å². The molecule has 1 fully saturated rings. The van der Waals surface area contributed by atoms with E-state index in [0.717, 1.165) is 28.7 Å². The van der Waals surface area contributed by atoms with Gasteiger partial charge in [-0.25, -0.2) is 14.4 Å². The molecule has 0 bridgehead atoms. The van der Waals surface area contributed by atoms with Crippen LogP contribution in [0.3, 0.4) is 0 Å². The Hall–Kier alpha value is -2.51. The van der Waals surface area contributed by atoms with Crippen molar-refractivity contribution in [3.63, 3.8) is 0 Å². The lowest BCUT2D eigenvalue weighted by atomic mass is 9.72. The number of halogens is 1. The summed E-state index contributed by atoms with van der Waals surface area (Å²) in [6.07, 6.45) is 0. The van der Waals surface area contributed by atoms with Gasteiger partial charge in [-0.1, -0.05) is 32.0 Å². The summed E-state index contributed by atoms with van der Waals surface area (Å²) < 4.78 is 29.0. The number of nitrogens with one attached hydrogen (secondary N) is 1. The molecule has 180 valence electrons. The van der Waals surface area contributed by atoms with Gasteiger partial charge in [0.1, 0.15) is 17.2 Å². The molecule has 0 atom stereocenters. The van der Waals surface area contributed by atoms with Gasteiger partial charge in [0.2, 0.25) is 0 Å². The van der Waals surface area contributed by atoms with Gasteiger partial charge in [-0.05, 0) is 82.6 Å². The molecule has 0 spiro atoms. The van der Waals surface area contributed by atoms with Gasteiger partial charge in [0, 0.05) is 17.5 Å². The number of nitrogens with zero attached hydrogens (tertiary/aromatic N) is 2. The highest BCUT2D eigenvalue weighted by Gasteiger charge is 2.52. The molecule has 7 heteroatoms. The summed E-state index contributed by atoms with van der Waals surface area (Å²) in [5.41, 5.74) is 3.27. The summed E-state index contributed by atoms with van der Waals surface area (Å²) in [5.74, 6) is 1.29. The zero-order valence-corrected chi connectivity index (χ0v) is 21.8. The monoisotopic (exact) mass is 463 g/mol. The number of benzene rings is 2. The average Bonchev–Trinajstić information content (AvgIpc) is 2.95. The Labute approximate surface area is 202 Å². The van der Waals surface area contributed by atoms with Crippen LogP contribution < -0.4 is 10.8 Å². The third-order valence-electron chi connectivity index (χ3n) is 6.98. The topological polar surface area (TPSA) is 56.3 Å². The molecular weight excluding hydrogens is 428 g/mol. The second-order valence-electron chi connectivity index (χ2n) is 10.8. The van der Waals surface area contributed by atoms with Gasteiger partial charge in [0.25, 0.3) is 0 Å². The lowest BCUT2D eigenvalue weighted by Gasteiger charge is -2.32. The van der Waals surface area contributed by atoms with Crippen molar-refractivity contribution in [2.45, 2.75) is 73.5 Å². The van der Waals surface area contributed by atoms with Crippen LogP contribution >= 0.6 is 0 Å². The minimum Gasteiger partial charge on any atom is -0.399 e. The van der Waals surface area contributed by atoms with Crippen molar-refractivity contribution in [1.29, 1.82) is 0 Å². The molecule has 5 nitrogen and oxygen atoms in total. The highest BCUT2D eigenvalue weighted by Crippen LogP contribution is 2.39. The fraction of sp³-hybridized carbons (Fsp3) is 0.481. The van der Waals surface area contributed by atoms with Crippen LogP contribution in [0.1, 0.15) is 58.5 Å². The third-order valence-corrected chi connectivity index (χ3v) is 6.98. The molecule has 1 aliphatic rings. The van der Waals surface area contributed by atoms with E-state index in [1.165, 1.54) is 0 Å². The van der Waals surface area contributed by atoms with E-state index in [9.17, 15) is 0 Å². The molecule has 1 aromatic heterocycles. The number of aryl methyl sites for hydroxylation is 3. The van der Waals surface area contributed by atoms with Crippen LogP contribution in [0.15, 0.2) is 24.3 Å². The van der Waals surface area contributed by atoms with Crippen LogP contribution in [-0.2, 0) is 9.31 Å². The van der Waals surface area contributed by atoms with E-state index in [2.05, 4.69) is 29.1 Å². The van der Waals surface area contributed by atoms with Crippen molar-refractivity contribution in [2.24, 2.45) is 5.92 Å². The summed E-state index contributed by atoms with van der Waals surface area (Å²) in [6, 6.07) is 7.91. The Balaban J connectivity index is 1.92. The van der Waals surface area contributed by atoms with Crippen molar-refractivity contribution in [2.75, 3.05) is 11.9 Å². The third kappa shape index (κ3) is 4.20. The van der Waals surface area contributed by atoms with Crippen molar-refractivity contribution in [3.05, 3.63) is 47.0 Å². The van der Waals surface area contributed by atoms with E-state index in [4.69, 9.17) is 9.31 Å². The second kappa shape index (κ2) is 8.61. The molecular formula is C27H35BFN3O2. The fourth-order valence-electron chi connectivity index (χ4n) is 4.41. The molecule has 1 aliphatic heterocycles. The first kappa shape index (κ1) is 24.6. The zero-order chi connectivity index (χ0) is 25.0. The maximum Gasteiger partial charge on any atom is 0.495 e. The largest absolute Gasteiger partial charge is 0.495 e. The number of aromatic nitrogens is 2. The molecule has 34 heavy (non-hydrogen) atoms. The van der Waals surface area contributed by atoms with Crippen molar-refractivity contribution >= 4 is 29.3 Å². The van der Waals surface area contributed by atoms with Gasteiger partial charge >= 0.3 is 7.12 Å². The van der Waals surface area contributed by atoms with Crippen LogP contribution in [0.4, 0.5) is 10.2 Å². The van der Waals surface area contributed by atoms with Crippen molar-refractivity contribution in [3.8, 4) is 11.1 Å². The lowest BCUT2D eigenvalue weighted by molar-refractivity contribution is 0.00578. The van der Waals surface area contributed by atoms with E-state index in [-0.39, 0.29) is 5.82 Å². The SMILES string of the molecule is Cc1nc(NCC(C)C)c2cc(C)c(-c3c(C)cccc3B3OC(C)(C)C(C)(C)O3)c(F)c2n1. The van der Waals surface area contributed by atoms with Crippen molar-refractivity contribution < 1.29 is 13.7 Å². The summed E-state index contributed by atoms with van der Waals surface area (Å²) in [4.78, 5) is 9.06. The van der Waals surface area contributed by atoms with Gasteiger partial charge in [0.05, 0.1) is 11.2 Å². The predicted molar refractivity (Wildman–Crippen MR) is 138 cm³/mol. The van der Waals surface area contributed by atoms with E-state index >= 15 is 4.39 Å². The molecule has 2 heterocycles. The summed E-state index contributed by atoms with van der Waals surface area (Å²) in [6.45, 7) is 18.8. The molecule has 1 saturated heterocycles. The van der Waals surface area contributed by atoms with Gasteiger partial charge in [-0.3, -0.25) is 0 Å². The van der Waals surface area contributed by atoms with Gasteiger partial charge in [0.15, 0.2) is 5.82 Å².